The summed E-state index contributed by atoms with van der Waals surface area (Å²) < 4.78 is 5.14. The minimum absolute atomic E-state index is 0.00544. The summed E-state index contributed by atoms with van der Waals surface area (Å²) in [5, 5.41) is 10.2. The molecule has 3 nitrogen and oxygen atoms in total. The third kappa shape index (κ3) is 3.36. The Kier molecular flexibility index (Phi) is 4.72. The number of nitrogen functional groups attached to an aromatic ring is 1. The lowest BCUT2D eigenvalue weighted by atomic mass is 9.87. The average molecular weight is 321 g/mol. The number of benzene rings is 2. The summed E-state index contributed by atoms with van der Waals surface area (Å²) in [5.41, 5.74) is 12.4. The number of aliphatic hydroxyl groups excluding tert-OH is 1. The molecule has 3 N–H and O–H groups in total. The summed E-state index contributed by atoms with van der Waals surface area (Å²) in [5.74, 6) is 0.403. The third-order valence-electron chi connectivity index (χ3n) is 4.46. The Morgan fingerprint density at radius 2 is 1.92 bits per heavy atom. The zero-order valence-electron chi connectivity index (χ0n) is 14.1. The van der Waals surface area contributed by atoms with Gasteiger partial charge in [-0.05, 0) is 42.2 Å². The molecule has 1 aliphatic carbocycles. The van der Waals surface area contributed by atoms with Crippen molar-refractivity contribution >= 4 is 5.69 Å². The fourth-order valence-corrected chi connectivity index (χ4v) is 3.13. The van der Waals surface area contributed by atoms with Gasteiger partial charge >= 0.3 is 0 Å². The van der Waals surface area contributed by atoms with Crippen LogP contribution in [-0.4, -0.2) is 12.2 Å². The fraction of sp³-hybridized carbons (Fsp3) is 0.238. The topological polar surface area (TPSA) is 55.5 Å². The van der Waals surface area contributed by atoms with Gasteiger partial charge in [0.15, 0.2) is 0 Å². The van der Waals surface area contributed by atoms with E-state index in [1.54, 1.807) is 7.11 Å². The van der Waals surface area contributed by atoms with Crippen molar-refractivity contribution in [3.63, 3.8) is 0 Å². The lowest BCUT2D eigenvalue weighted by Crippen LogP contribution is -2.06. The Morgan fingerprint density at radius 3 is 2.54 bits per heavy atom. The molecule has 1 unspecified atom stereocenters. The molecule has 3 rings (SSSR count). The van der Waals surface area contributed by atoms with Crippen LogP contribution in [0, 0.1) is 0 Å². The quantitative estimate of drug-likeness (QED) is 0.783. The van der Waals surface area contributed by atoms with Gasteiger partial charge in [0.25, 0.3) is 0 Å². The highest BCUT2D eigenvalue weighted by Gasteiger charge is 2.19. The second-order valence-corrected chi connectivity index (χ2v) is 6.28. The van der Waals surface area contributed by atoms with Crippen molar-refractivity contribution in [2.45, 2.75) is 25.9 Å². The van der Waals surface area contributed by atoms with Crippen LogP contribution in [0.3, 0.4) is 0 Å². The van der Waals surface area contributed by atoms with Crippen molar-refractivity contribution in [1.82, 2.24) is 0 Å². The molecule has 0 heterocycles. The van der Waals surface area contributed by atoms with E-state index in [4.69, 9.17) is 10.5 Å². The van der Waals surface area contributed by atoms with Gasteiger partial charge in [0.2, 0.25) is 0 Å². The molecule has 0 bridgehead atoms. The molecule has 0 radical (unpaired) electrons. The molecule has 1 atom stereocenters. The standard InChI is InChI=1S/C21H23NO2/c1-14-3-9-19(21(23)11-14)17-8-10-18(20(22)12-17)16-6-4-15(5-7-16)13-24-2/h3-8,10-12,19,23H,9,13,22H2,1-2H3. The van der Waals surface area contributed by atoms with Crippen LogP contribution in [0.4, 0.5) is 5.69 Å². The van der Waals surface area contributed by atoms with Gasteiger partial charge < -0.3 is 15.6 Å². The second kappa shape index (κ2) is 6.93. The van der Waals surface area contributed by atoms with Crippen molar-refractivity contribution in [3.8, 4) is 11.1 Å². The Labute approximate surface area is 143 Å². The van der Waals surface area contributed by atoms with Crippen LogP contribution in [0.5, 0.6) is 0 Å². The highest BCUT2D eigenvalue weighted by molar-refractivity contribution is 5.77. The predicted molar refractivity (Wildman–Crippen MR) is 98.8 cm³/mol. The summed E-state index contributed by atoms with van der Waals surface area (Å²) in [6, 6.07) is 14.3. The summed E-state index contributed by atoms with van der Waals surface area (Å²) in [6.45, 7) is 2.60. The van der Waals surface area contributed by atoms with E-state index in [-0.39, 0.29) is 5.92 Å². The first-order valence-corrected chi connectivity index (χ1v) is 8.13. The van der Waals surface area contributed by atoms with E-state index in [1.807, 2.05) is 25.1 Å². The number of hydrogen-bond donors (Lipinski definition) is 2. The summed E-state index contributed by atoms with van der Waals surface area (Å²) in [4.78, 5) is 0. The first-order valence-electron chi connectivity index (χ1n) is 8.13. The summed E-state index contributed by atoms with van der Waals surface area (Å²) in [6.07, 6.45) is 4.77. The molecule has 0 saturated carbocycles. The number of rotatable bonds is 4. The van der Waals surface area contributed by atoms with Crippen LogP contribution < -0.4 is 5.73 Å². The number of allylic oxidation sites excluding steroid dienone is 4. The molecule has 3 heteroatoms. The van der Waals surface area contributed by atoms with Gasteiger partial charge in [0.05, 0.1) is 6.61 Å². The normalized spacial score (nSPS) is 17.3. The van der Waals surface area contributed by atoms with E-state index >= 15 is 0 Å². The van der Waals surface area contributed by atoms with Crippen molar-refractivity contribution in [2.75, 3.05) is 12.8 Å². The van der Waals surface area contributed by atoms with Crippen molar-refractivity contribution in [2.24, 2.45) is 0 Å². The molecule has 0 saturated heterocycles. The van der Waals surface area contributed by atoms with Crippen molar-refractivity contribution < 1.29 is 9.84 Å². The zero-order valence-corrected chi connectivity index (χ0v) is 14.1. The van der Waals surface area contributed by atoms with Gasteiger partial charge in [-0.25, -0.2) is 0 Å². The van der Waals surface area contributed by atoms with E-state index in [2.05, 4.69) is 36.4 Å². The maximum Gasteiger partial charge on any atom is 0.100 e. The number of aliphatic hydroxyl groups is 1. The van der Waals surface area contributed by atoms with E-state index in [9.17, 15) is 5.11 Å². The van der Waals surface area contributed by atoms with Gasteiger partial charge in [-0.2, -0.15) is 0 Å². The molecule has 0 fully saturated rings. The summed E-state index contributed by atoms with van der Waals surface area (Å²) in [7, 11) is 1.69. The highest BCUT2D eigenvalue weighted by atomic mass is 16.5. The third-order valence-corrected chi connectivity index (χ3v) is 4.46. The van der Waals surface area contributed by atoms with Crippen molar-refractivity contribution in [3.05, 3.63) is 77.1 Å². The minimum Gasteiger partial charge on any atom is -0.512 e. The predicted octanol–water partition coefficient (Wildman–Crippen LogP) is 4.96. The molecular weight excluding hydrogens is 298 g/mol. The highest BCUT2D eigenvalue weighted by Crippen LogP contribution is 2.35. The molecule has 0 aliphatic heterocycles. The molecule has 0 aromatic heterocycles. The van der Waals surface area contributed by atoms with Gasteiger partial charge in [-0.15, -0.1) is 0 Å². The van der Waals surface area contributed by atoms with Crippen LogP contribution in [0.15, 0.2) is 65.9 Å². The van der Waals surface area contributed by atoms with Crippen molar-refractivity contribution in [1.29, 1.82) is 0 Å². The molecular formula is C21H23NO2. The Morgan fingerprint density at radius 1 is 1.17 bits per heavy atom. The Bertz CT molecular complexity index is 788. The number of methoxy groups -OCH3 is 1. The number of nitrogens with two attached hydrogens (primary N) is 1. The Balaban J connectivity index is 1.86. The van der Waals surface area contributed by atoms with Gasteiger partial charge in [-0.3, -0.25) is 0 Å². The molecule has 0 amide bonds. The number of hydrogen-bond acceptors (Lipinski definition) is 3. The molecule has 2 aromatic carbocycles. The van der Waals surface area contributed by atoms with Gasteiger partial charge in [-0.1, -0.05) is 48.0 Å². The maximum atomic E-state index is 10.2. The number of anilines is 1. The van der Waals surface area contributed by atoms with Crippen LogP contribution in [-0.2, 0) is 11.3 Å². The monoisotopic (exact) mass is 321 g/mol. The molecule has 0 spiro atoms. The molecule has 24 heavy (non-hydrogen) atoms. The zero-order chi connectivity index (χ0) is 17.1. The minimum atomic E-state index is -0.00544. The van der Waals surface area contributed by atoms with Crippen LogP contribution >= 0.6 is 0 Å². The van der Waals surface area contributed by atoms with Crippen LogP contribution in [0.25, 0.3) is 11.1 Å². The Hall–Kier alpha value is -2.52. The average Bonchev–Trinajstić information content (AvgIpc) is 2.56. The lowest BCUT2D eigenvalue weighted by molar-refractivity contribution is 0.185. The van der Waals surface area contributed by atoms with E-state index < -0.39 is 0 Å². The van der Waals surface area contributed by atoms with E-state index in [1.165, 1.54) is 0 Å². The smallest absolute Gasteiger partial charge is 0.100 e. The number of ether oxygens (including phenoxy) is 1. The summed E-state index contributed by atoms with van der Waals surface area (Å²) >= 11 is 0. The van der Waals surface area contributed by atoms with Crippen LogP contribution in [0.1, 0.15) is 30.4 Å². The van der Waals surface area contributed by atoms with E-state index in [0.29, 0.717) is 12.4 Å². The van der Waals surface area contributed by atoms with Crippen LogP contribution in [0.2, 0.25) is 0 Å². The molecule has 1 aliphatic rings. The molecule has 124 valence electrons. The first kappa shape index (κ1) is 16.3. The van der Waals surface area contributed by atoms with Gasteiger partial charge in [0.1, 0.15) is 5.76 Å². The maximum absolute atomic E-state index is 10.2. The largest absolute Gasteiger partial charge is 0.512 e. The van der Waals surface area contributed by atoms with Gasteiger partial charge in [0, 0.05) is 24.3 Å². The lowest BCUT2D eigenvalue weighted by Gasteiger charge is -2.20. The van der Waals surface area contributed by atoms with E-state index in [0.717, 1.165) is 39.9 Å². The first-order chi connectivity index (χ1) is 11.6. The SMILES string of the molecule is COCc1ccc(-c2ccc(C3CC=C(C)C=C3O)cc2N)cc1. The fourth-order valence-electron chi connectivity index (χ4n) is 3.13. The second-order valence-electron chi connectivity index (χ2n) is 6.28. The molecule has 2 aromatic rings.